The van der Waals surface area contributed by atoms with Gasteiger partial charge in [0.1, 0.15) is 0 Å². The number of hydrogen-bond acceptors (Lipinski definition) is 4. The van der Waals surface area contributed by atoms with E-state index in [0.717, 1.165) is 11.3 Å². The molecule has 3 rings (SSSR count). The Kier molecular flexibility index (Phi) is 5.72. The molecule has 0 bridgehead atoms. The fourth-order valence-corrected chi connectivity index (χ4v) is 2.70. The number of halogens is 1. The van der Waals surface area contributed by atoms with Crippen molar-refractivity contribution in [3.63, 3.8) is 0 Å². The maximum Gasteiger partial charge on any atom is 0.258 e. The summed E-state index contributed by atoms with van der Waals surface area (Å²) in [4.78, 5) is 20.8. The third-order valence-corrected chi connectivity index (χ3v) is 4.67. The second-order valence-corrected chi connectivity index (χ2v) is 6.97. The number of aromatic nitrogens is 2. The van der Waals surface area contributed by atoms with Crippen molar-refractivity contribution >= 4 is 34.8 Å². The molecule has 0 aliphatic rings. The Bertz CT molecular complexity index is 937. The topological polar surface area (TPSA) is 66.9 Å². The highest BCUT2D eigenvalue weighted by atomic mass is 35.5. The lowest BCUT2D eigenvalue weighted by Crippen LogP contribution is -2.14. The van der Waals surface area contributed by atoms with Crippen molar-refractivity contribution in [3.05, 3.63) is 76.6 Å². The summed E-state index contributed by atoms with van der Waals surface area (Å²) in [6.45, 7) is 6.16. The van der Waals surface area contributed by atoms with Gasteiger partial charge in [0, 0.05) is 28.8 Å². The lowest BCUT2D eigenvalue weighted by atomic mass is 10.0. The van der Waals surface area contributed by atoms with Gasteiger partial charge in [0.05, 0.1) is 5.56 Å². The molecule has 1 amide bonds. The molecule has 0 atom stereocenters. The highest BCUT2D eigenvalue weighted by Crippen LogP contribution is 2.23. The van der Waals surface area contributed by atoms with E-state index in [1.807, 2.05) is 19.1 Å². The van der Waals surface area contributed by atoms with Gasteiger partial charge in [-0.2, -0.15) is 0 Å². The van der Waals surface area contributed by atoms with Crippen molar-refractivity contribution in [2.75, 3.05) is 10.6 Å². The van der Waals surface area contributed by atoms with E-state index in [0.29, 0.717) is 28.1 Å². The van der Waals surface area contributed by atoms with Crippen LogP contribution in [-0.4, -0.2) is 15.9 Å². The molecule has 138 valence electrons. The van der Waals surface area contributed by atoms with Gasteiger partial charge >= 0.3 is 0 Å². The molecule has 2 aromatic carbocycles. The van der Waals surface area contributed by atoms with Gasteiger partial charge in [0.15, 0.2) is 0 Å². The van der Waals surface area contributed by atoms with Crippen LogP contribution in [-0.2, 0) is 0 Å². The monoisotopic (exact) mass is 380 g/mol. The molecule has 27 heavy (non-hydrogen) atoms. The van der Waals surface area contributed by atoms with E-state index >= 15 is 0 Å². The number of anilines is 3. The van der Waals surface area contributed by atoms with E-state index in [-0.39, 0.29) is 5.91 Å². The molecule has 0 radical (unpaired) electrons. The van der Waals surface area contributed by atoms with Crippen molar-refractivity contribution in [3.8, 4) is 0 Å². The molecule has 0 aliphatic carbocycles. The van der Waals surface area contributed by atoms with E-state index in [1.54, 1.807) is 18.2 Å². The molecule has 0 saturated carbocycles. The molecule has 0 saturated heterocycles. The van der Waals surface area contributed by atoms with Crippen LogP contribution in [0.15, 0.2) is 54.9 Å². The molecule has 1 heterocycles. The summed E-state index contributed by atoms with van der Waals surface area (Å²) in [6, 6.07) is 13.5. The molecular weight excluding hydrogens is 360 g/mol. The zero-order chi connectivity index (χ0) is 19.4. The fourth-order valence-electron chi connectivity index (χ4n) is 2.53. The Morgan fingerprint density at radius 3 is 2.33 bits per heavy atom. The first kappa shape index (κ1) is 18.9. The number of nitrogens with zero attached hydrogens (tertiary/aromatic N) is 2. The van der Waals surface area contributed by atoms with Gasteiger partial charge in [-0.05, 0) is 48.2 Å². The minimum absolute atomic E-state index is 0.284. The first-order valence-electron chi connectivity index (χ1n) is 8.69. The zero-order valence-electron chi connectivity index (χ0n) is 15.5. The predicted octanol–water partition coefficient (Wildman–Crippen LogP) is 5.56. The number of nitrogens with one attached hydrogen (secondary N) is 2. The van der Waals surface area contributed by atoms with Gasteiger partial charge in [0.2, 0.25) is 5.95 Å². The third-order valence-electron chi connectivity index (χ3n) is 4.26. The normalized spacial score (nSPS) is 10.7. The zero-order valence-corrected chi connectivity index (χ0v) is 16.2. The van der Waals surface area contributed by atoms with Crippen molar-refractivity contribution in [2.45, 2.75) is 26.7 Å². The third kappa shape index (κ3) is 4.63. The highest BCUT2D eigenvalue weighted by molar-refractivity contribution is 6.31. The highest BCUT2D eigenvalue weighted by Gasteiger charge is 2.10. The average molecular weight is 381 g/mol. The van der Waals surface area contributed by atoms with Crippen LogP contribution in [0.3, 0.4) is 0 Å². The van der Waals surface area contributed by atoms with Crippen LogP contribution in [0.4, 0.5) is 17.3 Å². The second-order valence-electron chi connectivity index (χ2n) is 6.56. The van der Waals surface area contributed by atoms with Gasteiger partial charge in [0.25, 0.3) is 5.91 Å². The van der Waals surface area contributed by atoms with Crippen molar-refractivity contribution in [1.29, 1.82) is 0 Å². The molecule has 0 unspecified atom stereocenters. The van der Waals surface area contributed by atoms with Crippen molar-refractivity contribution in [2.24, 2.45) is 0 Å². The molecule has 0 aliphatic heterocycles. The second kappa shape index (κ2) is 8.18. The Morgan fingerprint density at radius 1 is 1.04 bits per heavy atom. The van der Waals surface area contributed by atoms with E-state index in [2.05, 4.69) is 46.6 Å². The number of carbonyl (C=O) groups excluding carboxylic acids is 1. The largest absolute Gasteiger partial charge is 0.324 e. The molecule has 0 fully saturated rings. The van der Waals surface area contributed by atoms with Gasteiger partial charge < -0.3 is 10.6 Å². The molecule has 3 aromatic rings. The van der Waals surface area contributed by atoms with Crippen LogP contribution >= 0.6 is 11.6 Å². The maximum absolute atomic E-state index is 12.4. The summed E-state index contributed by atoms with van der Waals surface area (Å²) in [7, 11) is 0. The van der Waals surface area contributed by atoms with Gasteiger partial charge in [-0.3, -0.25) is 4.79 Å². The van der Waals surface area contributed by atoms with Gasteiger partial charge in [-0.25, -0.2) is 9.97 Å². The number of benzene rings is 2. The number of carbonyl (C=O) groups is 1. The Morgan fingerprint density at radius 2 is 1.70 bits per heavy atom. The van der Waals surface area contributed by atoms with E-state index < -0.39 is 0 Å². The molecule has 5 nitrogen and oxygen atoms in total. The maximum atomic E-state index is 12.4. The lowest BCUT2D eigenvalue weighted by molar-refractivity contribution is 0.102. The Balaban J connectivity index is 1.67. The Hall–Kier alpha value is -2.92. The smallest absolute Gasteiger partial charge is 0.258 e. The summed E-state index contributed by atoms with van der Waals surface area (Å²) in [5, 5.41) is 6.56. The van der Waals surface area contributed by atoms with Crippen LogP contribution in [0, 0.1) is 6.92 Å². The molecule has 1 aromatic heterocycles. The molecule has 6 heteroatoms. The summed E-state index contributed by atoms with van der Waals surface area (Å²) in [5.74, 6) is 0.632. The first-order chi connectivity index (χ1) is 12.9. The number of rotatable bonds is 5. The average Bonchev–Trinajstić information content (AvgIpc) is 2.66. The van der Waals surface area contributed by atoms with Crippen LogP contribution in [0.2, 0.25) is 5.02 Å². The van der Waals surface area contributed by atoms with Crippen LogP contribution < -0.4 is 10.6 Å². The van der Waals surface area contributed by atoms with Crippen LogP contribution in [0.5, 0.6) is 0 Å². The van der Waals surface area contributed by atoms with E-state index in [4.69, 9.17) is 11.6 Å². The quantitative estimate of drug-likeness (QED) is 0.608. The Labute approximate surface area is 163 Å². The number of amides is 1. The number of hydrogen-bond donors (Lipinski definition) is 2. The van der Waals surface area contributed by atoms with Gasteiger partial charge in [-0.1, -0.05) is 43.6 Å². The lowest BCUT2D eigenvalue weighted by Gasteiger charge is -2.10. The summed E-state index contributed by atoms with van der Waals surface area (Å²) in [6.07, 6.45) is 2.99. The van der Waals surface area contributed by atoms with E-state index in [9.17, 15) is 4.79 Å². The summed E-state index contributed by atoms with van der Waals surface area (Å²) < 4.78 is 0. The molecule has 2 N–H and O–H groups in total. The summed E-state index contributed by atoms with van der Waals surface area (Å²) in [5.41, 5.74) is 4.02. The SMILES string of the molecule is Cc1c(Cl)cccc1NC(=O)c1cnc(Nc2ccc(C(C)C)cc2)nc1. The molecule has 0 spiro atoms. The summed E-state index contributed by atoms with van der Waals surface area (Å²) >= 11 is 6.08. The minimum atomic E-state index is -0.284. The van der Waals surface area contributed by atoms with Crippen molar-refractivity contribution < 1.29 is 4.79 Å². The van der Waals surface area contributed by atoms with Crippen LogP contribution in [0.25, 0.3) is 0 Å². The van der Waals surface area contributed by atoms with Crippen molar-refractivity contribution in [1.82, 2.24) is 9.97 Å². The van der Waals surface area contributed by atoms with Gasteiger partial charge in [-0.15, -0.1) is 0 Å². The molecular formula is C21H21ClN4O. The van der Waals surface area contributed by atoms with Crippen LogP contribution in [0.1, 0.15) is 41.3 Å². The minimum Gasteiger partial charge on any atom is -0.324 e. The fraction of sp³-hybridized carbons (Fsp3) is 0.190. The predicted molar refractivity (Wildman–Crippen MR) is 110 cm³/mol. The standard InChI is InChI=1S/C21H21ClN4O/c1-13(2)15-7-9-17(10-8-15)25-21-23-11-16(12-24-21)20(27)26-19-6-4-5-18(22)14(19)3/h4-13H,1-3H3,(H,26,27)(H,23,24,25). The van der Waals surface area contributed by atoms with E-state index in [1.165, 1.54) is 18.0 Å². The first-order valence-corrected chi connectivity index (χ1v) is 9.07.